The Morgan fingerprint density at radius 2 is 2.29 bits per heavy atom. The summed E-state index contributed by atoms with van der Waals surface area (Å²) in [7, 11) is 0. The second-order valence-corrected chi connectivity index (χ2v) is 3.01. The number of carbonyl (C=O) groups excluding carboxylic acids is 2. The zero-order chi connectivity index (χ0) is 10.6. The van der Waals surface area contributed by atoms with Gasteiger partial charge < -0.3 is 9.15 Å². The SMILES string of the molecule is CC(C)OC(=O)CC(=O)c1cocn1. The van der Waals surface area contributed by atoms with Gasteiger partial charge in [-0.1, -0.05) is 0 Å². The lowest BCUT2D eigenvalue weighted by Crippen LogP contribution is -2.15. The molecule has 5 heteroatoms. The molecule has 0 saturated carbocycles. The zero-order valence-corrected chi connectivity index (χ0v) is 8.02. The molecule has 1 heterocycles. The van der Waals surface area contributed by atoms with Gasteiger partial charge in [0.05, 0.1) is 6.10 Å². The smallest absolute Gasteiger partial charge is 0.314 e. The number of hydrogen-bond donors (Lipinski definition) is 0. The van der Waals surface area contributed by atoms with Crippen LogP contribution in [0.4, 0.5) is 0 Å². The maximum absolute atomic E-state index is 11.3. The Bertz CT molecular complexity index is 316. The van der Waals surface area contributed by atoms with E-state index in [1.54, 1.807) is 13.8 Å². The molecule has 0 unspecified atom stereocenters. The van der Waals surface area contributed by atoms with Gasteiger partial charge in [-0.15, -0.1) is 0 Å². The first-order valence-corrected chi connectivity index (χ1v) is 4.20. The van der Waals surface area contributed by atoms with Crippen LogP contribution >= 0.6 is 0 Å². The average Bonchev–Trinajstić information content (AvgIpc) is 2.53. The van der Waals surface area contributed by atoms with Crippen molar-refractivity contribution >= 4 is 11.8 Å². The molecule has 0 aliphatic carbocycles. The number of carbonyl (C=O) groups is 2. The van der Waals surface area contributed by atoms with E-state index in [9.17, 15) is 9.59 Å². The van der Waals surface area contributed by atoms with E-state index < -0.39 is 11.8 Å². The minimum atomic E-state index is -0.548. The van der Waals surface area contributed by atoms with Crippen LogP contribution in [0, 0.1) is 0 Å². The number of rotatable bonds is 4. The molecular weight excluding hydrogens is 186 g/mol. The van der Waals surface area contributed by atoms with Gasteiger partial charge in [0.15, 0.2) is 12.2 Å². The molecule has 0 spiro atoms. The molecule has 0 fully saturated rings. The van der Waals surface area contributed by atoms with Gasteiger partial charge in [-0.2, -0.15) is 0 Å². The lowest BCUT2D eigenvalue weighted by atomic mass is 10.2. The van der Waals surface area contributed by atoms with Crippen LogP contribution in [-0.4, -0.2) is 22.8 Å². The predicted molar refractivity (Wildman–Crippen MR) is 46.7 cm³/mol. The van der Waals surface area contributed by atoms with Gasteiger partial charge in [-0.05, 0) is 13.8 Å². The van der Waals surface area contributed by atoms with Gasteiger partial charge in [-0.3, -0.25) is 9.59 Å². The number of ether oxygens (including phenoxy) is 1. The van der Waals surface area contributed by atoms with Crippen molar-refractivity contribution in [2.24, 2.45) is 0 Å². The number of ketones is 1. The minimum Gasteiger partial charge on any atom is -0.463 e. The molecule has 14 heavy (non-hydrogen) atoms. The molecule has 0 saturated heterocycles. The van der Waals surface area contributed by atoms with Gasteiger partial charge >= 0.3 is 5.97 Å². The van der Waals surface area contributed by atoms with Crippen LogP contribution in [-0.2, 0) is 9.53 Å². The summed E-state index contributed by atoms with van der Waals surface area (Å²) in [6, 6.07) is 0. The van der Waals surface area contributed by atoms with Gasteiger partial charge in [0, 0.05) is 0 Å². The van der Waals surface area contributed by atoms with E-state index in [-0.39, 0.29) is 18.2 Å². The fourth-order valence-corrected chi connectivity index (χ4v) is 0.876. The average molecular weight is 197 g/mol. The van der Waals surface area contributed by atoms with E-state index in [1.807, 2.05) is 0 Å². The molecule has 0 atom stereocenters. The molecule has 0 aromatic carbocycles. The first kappa shape index (κ1) is 10.4. The molecule has 5 nitrogen and oxygen atoms in total. The Kier molecular flexibility index (Phi) is 3.39. The van der Waals surface area contributed by atoms with Crippen molar-refractivity contribution in [3.63, 3.8) is 0 Å². The highest BCUT2D eigenvalue weighted by Gasteiger charge is 2.15. The Morgan fingerprint density at radius 3 is 2.79 bits per heavy atom. The molecule has 1 rings (SSSR count). The van der Waals surface area contributed by atoms with Crippen LogP contribution in [0.15, 0.2) is 17.1 Å². The fraction of sp³-hybridized carbons (Fsp3) is 0.444. The van der Waals surface area contributed by atoms with Crippen molar-refractivity contribution < 1.29 is 18.7 Å². The molecule has 1 aromatic rings. The second-order valence-electron chi connectivity index (χ2n) is 3.01. The molecular formula is C9H11NO4. The highest BCUT2D eigenvalue weighted by atomic mass is 16.5. The van der Waals surface area contributed by atoms with Gasteiger partial charge in [0.1, 0.15) is 18.4 Å². The highest BCUT2D eigenvalue weighted by Crippen LogP contribution is 2.02. The van der Waals surface area contributed by atoms with Gasteiger partial charge in [0.25, 0.3) is 0 Å². The van der Waals surface area contributed by atoms with Crippen LogP contribution in [0.1, 0.15) is 30.8 Å². The van der Waals surface area contributed by atoms with Crippen LogP contribution in [0.3, 0.4) is 0 Å². The number of aromatic nitrogens is 1. The number of Topliss-reactive ketones (excluding diaryl/α,β-unsaturated/α-hetero) is 1. The largest absolute Gasteiger partial charge is 0.463 e. The summed E-state index contributed by atoms with van der Waals surface area (Å²) < 4.78 is 9.41. The summed E-state index contributed by atoms with van der Waals surface area (Å²) in [4.78, 5) is 26.0. The van der Waals surface area contributed by atoms with E-state index in [2.05, 4.69) is 9.40 Å². The minimum absolute atomic E-state index is 0.144. The lowest BCUT2D eigenvalue weighted by Gasteiger charge is -2.05. The number of nitrogens with zero attached hydrogens (tertiary/aromatic N) is 1. The Morgan fingerprint density at radius 1 is 1.57 bits per heavy atom. The predicted octanol–water partition coefficient (Wildman–Crippen LogP) is 1.20. The molecule has 0 aliphatic rings. The standard InChI is InChI=1S/C9H11NO4/c1-6(2)14-9(12)3-8(11)7-4-13-5-10-7/h4-6H,3H2,1-2H3. The third-order valence-corrected chi connectivity index (χ3v) is 1.39. The normalized spacial score (nSPS) is 10.2. The van der Waals surface area contributed by atoms with E-state index in [0.29, 0.717) is 0 Å². The molecule has 0 radical (unpaired) electrons. The van der Waals surface area contributed by atoms with Gasteiger partial charge in [0.2, 0.25) is 0 Å². The van der Waals surface area contributed by atoms with E-state index >= 15 is 0 Å². The zero-order valence-electron chi connectivity index (χ0n) is 8.02. The summed E-state index contributed by atoms with van der Waals surface area (Å²) in [6.07, 6.45) is 1.82. The number of hydrogen-bond acceptors (Lipinski definition) is 5. The van der Waals surface area contributed by atoms with Crippen molar-refractivity contribution in [2.75, 3.05) is 0 Å². The van der Waals surface area contributed by atoms with Gasteiger partial charge in [-0.25, -0.2) is 4.98 Å². The quantitative estimate of drug-likeness (QED) is 0.412. The summed E-state index contributed by atoms with van der Waals surface area (Å²) >= 11 is 0. The fourth-order valence-electron chi connectivity index (χ4n) is 0.876. The van der Waals surface area contributed by atoms with Crippen molar-refractivity contribution in [1.29, 1.82) is 0 Å². The summed E-state index contributed by atoms with van der Waals surface area (Å²) in [6.45, 7) is 3.44. The lowest BCUT2D eigenvalue weighted by molar-refractivity contribution is -0.146. The number of esters is 1. The van der Waals surface area contributed by atoms with Crippen molar-refractivity contribution in [3.8, 4) is 0 Å². The van der Waals surface area contributed by atoms with E-state index in [4.69, 9.17) is 4.74 Å². The van der Waals surface area contributed by atoms with E-state index in [0.717, 1.165) is 6.39 Å². The van der Waals surface area contributed by atoms with Crippen molar-refractivity contribution in [2.45, 2.75) is 26.4 Å². The number of oxazole rings is 1. The Labute approximate surface area is 81.1 Å². The molecule has 0 N–H and O–H groups in total. The second kappa shape index (κ2) is 4.55. The third kappa shape index (κ3) is 3.01. The molecule has 0 aliphatic heterocycles. The molecule has 0 amide bonds. The summed E-state index contributed by atoms with van der Waals surface area (Å²) in [5, 5.41) is 0. The Balaban J connectivity index is 2.46. The van der Waals surface area contributed by atoms with Crippen molar-refractivity contribution in [3.05, 3.63) is 18.4 Å². The van der Waals surface area contributed by atoms with Crippen LogP contribution in [0.25, 0.3) is 0 Å². The first-order chi connectivity index (χ1) is 6.59. The van der Waals surface area contributed by atoms with E-state index in [1.165, 1.54) is 6.26 Å². The summed E-state index contributed by atoms with van der Waals surface area (Å²) in [5.74, 6) is -0.947. The van der Waals surface area contributed by atoms with Crippen LogP contribution in [0.5, 0.6) is 0 Å². The first-order valence-electron chi connectivity index (χ1n) is 4.20. The maximum atomic E-state index is 11.3. The topological polar surface area (TPSA) is 69.4 Å². The highest BCUT2D eigenvalue weighted by molar-refractivity contribution is 6.04. The third-order valence-electron chi connectivity index (χ3n) is 1.39. The molecule has 1 aromatic heterocycles. The molecule has 76 valence electrons. The van der Waals surface area contributed by atoms with Crippen LogP contribution < -0.4 is 0 Å². The molecule has 0 bridgehead atoms. The maximum Gasteiger partial charge on any atom is 0.314 e. The van der Waals surface area contributed by atoms with Crippen molar-refractivity contribution in [1.82, 2.24) is 4.98 Å². The monoisotopic (exact) mass is 197 g/mol. The van der Waals surface area contributed by atoms with Crippen LogP contribution in [0.2, 0.25) is 0 Å². The summed E-state index contributed by atoms with van der Waals surface area (Å²) in [5.41, 5.74) is 0.144. The Hall–Kier alpha value is -1.65.